The molecule has 2 N–H and O–H groups in total. The van der Waals surface area contributed by atoms with Gasteiger partial charge in [0.25, 0.3) is 0 Å². The molecule has 1 rings (SSSR count). The minimum atomic E-state index is 0.729. The zero-order valence-electron chi connectivity index (χ0n) is 10.3. The first kappa shape index (κ1) is 12.9. The van der Waals surface area contributed by atoms with E-state index in [1.54, 1.807) is 0 Å². The van der Waals surface area contributed by atoms with Crippen molar-refractivity contribution in [2.45, 2.75) is 6.92 Å². The van der Waals surface area contributed by atoms with E-state index in [0.717, 1.165) is 32.7 Å². The van der Waals surface area contributed by atoms with Gasteiger partial charge >= 0.3 is 0 Å². The van der Waals surface area contributed by atoms with Gasteiger partial charge in [0.05, 0.1) is 0 Å². The van der Waals surface area contributed by atoms with Crippen molar-refractivity contribution in [1.82, 2.24) is 9.88 Å². The summed E-state index contributed by atoms with van der Waals surface area (Å²) in [5.74, 6) is 0. The monoisotopic (exact) mass is 222 g/mol. The number of anilines is 1. The largest absolute Gasteiger partial charge is 0.373 e. The number of nitrogens with zero attached hydrogens (tertiary/aromatic N) is 3. The highest BCUT2D eigenvalue weighted by atomic mass is 15.2. The van der Waals surface area contributed by atoms with E-state index >= 15 is 0 Å². The maximum atomic E-state index is 5.56. The van der Waals surface area contributed by atoms with Gasteiger partial charge in [-0.3, -0.25) is 4.98 Å². The second-order valence-corrected chi connectivity index (χ2v) is 3.85. The molecule has 90 valence electrons. The highest BCUT2D eigenvalue weighted by Crippen LogP contribution is 2.08. The summed E-state index contributed by atoms with van der Waals surface area (Å²) in [5.41, 5.74) is 6.77. The lowest BCUT2D eigenvalue weighted by Gasteiger charge is -2.25. The van der Waals surface area contributed by atoms with Crippen molar-refractivity contribution in [1.29, 1.82) is 0 Å². The SMILES string of the molecule is CCN(CCN)CCN(C)c1ccncc1. The van der Waals surface area contributed by atoms with Gasteiger partial charge in [-0.05, 0) is 18.7 Å². The van der Waals surface area contributed by atoms with Crippen LogP contribution in [-0.4, -0.2) is 49.7 Å². The first-order chi connectivity index (χ1) is 7.77. The quantitative estimate of drug-likeness (QED) is 0.741. The van der Waals surface area contributed by atoms with Gasteiger partial charge in [0.15, 0.2) is 0 Å². The molecule has 1 heterocycles. The highest BCUT2D eigenvalue weighted by molar-refractivity contribution is 5.43. The van der Waals surface area contributed by atoms with Crippen LogP contribution in [0.25, 0.3) is 0 Å². The molecule has 0 saturated heterocycles. The third-order valence-corrected chi connectivity index (χ3v) is 2.75. The number of hydrogen-bond donors (Lipinski definition) is 1. The molecule has 0 saturated carbocycles. The van der Waals surface area contributed by atoms with E-state index in [-0.39, 0.29) is 0 Å². The highest BCUT2D eigenvalue weighted by Gasteiger charge is 2.04. The average molecular weight is 222 g/mol. The predicted octanol–water partition coefficient (Wildman–Crippen LogP) is 0.798. The van der Waals surface area contributed by atoms with E-state index < -0.39 is 0 Å². The second-order valence-electron chi connectivity index (χ2n) is 3.85. The zero-order valence-corrected chi connectivity index (χ0v) is 10.3. The molecular formula is C12H22N4. The Kier molecular flexibility index (Phi) is 5.82. The molecule has 0 radical (unpaired) electrons. The van der Waals surface area contributed by atoms with Gasteiger partial charge < -0.3 is 15.5 Å². The van der Waals surface area contributed by atoms with Crippen molar-refractivity contribution in [2.24, 2.45) is 5.73 Å². The van der Waals surface area contributed by atoms with Crippen molar-refractivity contribution >= 4 is 5.69 Å². The summed E-state index contributed by atoms with van der Waals surface area (Å²) < 4.78 is 0. The van der Waals surface area contributed by atoms with Crippen LogP contribution in [-0.2, 0) is 0 Å². The molecule has 0 aromatic carbocycles. The lowest BCUT2D eigenvalue weighted by molar-refractivity contribution is 0.303. The molecule has 0 aliphatic heterocycles. The third kappa shape index (κ3) is 4.16. The minimum absolute atomic E-state index is 0.729. The third-order valence-electron chi connectivity index (χ3n) is 2.75. The van der Waals surface area contributed by atoms with E-state index in [9.17, 15) is 0 Å². The number of aromatic nitrogens is 1. The van der Waals surface area contributed by atoms with E-state index in [2.05, 4.69) is 28.8 Å². The van der Waals surface area contributed by atoms with Crippen molar-refractivity contribution in [2.75, 3.05) is 44.7 Å². The van der Waals surface area contributed by atoms with Crippen molar-refractivity contribution < 1.29 is 0 Å². The van der Waals surface area contributed by atoms with Crippen LogP contribution in [0, 0.1) is 0 Å². The van der Waals surface area contributed by atoms with Crippen LogP contribution in [0.3, 0.4) is 0 Å². The molecule has 0 atom stereocenters. The predicted molar refractivity (Wildman–Crippen MR) is 68.7 cm³/mol. The molecule has 0 bridgehead atoms. The smallest absolute Gasteiger partial charge is 0.0394 e. The topological polar surface area (TPSA) is 45.4 Å². The summed E-state index contributed by atoms with van der Waals surface area (Å²) in [6, 6.07) is 4.05. The summed E-state index contributed by atoms with van der Waals surface area (Å²) in [6.07, 6.45) is 3.65. The van der Waals surface area contributed by atoms with Gasteiger partial charge in [-0.1, -0.05) is 6.92 Å². The molecule has 0 spiro atoms. The molecule has 1 aromatic rings. The maximum Gasteiger partial charge on any atom is 0.0394 e. The van der Waals surface area contributed by atoms with Crippen LogP contribution in [0.15, 0.2) is 24.5 Å². The van der Waals surface area contributed by atoms with E-state index in [0.29, 0.717) is 0 Å². The van der Waals surface area contributed by atoms with Crippen LogP contribution >= 0.6 is 0 Å². The molecule has 0 aliphatic carbocycles. The summed E-state index contributed by atoms with van der Waals surface area (Å²) in [6.45, 7) is 6.99. The van der Waals surface area contributed by atoms with Gasteiger partial charge in [-0.15, -0.1) is 0 Å². The molecular weight excluding hydrogens is 200 g/mol. The molecule has 4 heteroatoms. The number of nitrogens with two attached hydrogens (primary N) is 1. The molecule has 16 heavy (non-hydrogen) atoms. The minimum Gasteiger partial charge on any atom is -0.373 e. The Balaban J connectivity index is 2.37. The first-order valence-electron chi connectivity index (χ1n) is 5.81. The van der Waals surface area contributed by atoms with Crippen molar-refractivity contribution in [3.05, 3.63) is 24.5 Å². The van der Waals surface area contributed by atoms with Crippen LogP contribution in [0.5, 0.6) is 0 Å². The lowest BCUT2D eigenvalue weighted by atomic mass is 10.3. The van der Waals surface area contributed by atoms with E-state index in [1.807, 2.05) is 24.5 Å². The molecule has 0 unspecified atom stereocenters. The summed E-state index contributed by atoms with van der Waals surface area (Å²) in [4.78, 5) is 8.61. The Bertz CT molecular complexity index is 276. The second kappa shape index (κ2) is 7.19. The summed E-state index contributed by atoms with van der Waals surface area (Å²) in [5, 5.41) is 0. The van der Waals surface area contributed by atoms with Crippen molar-refractivity contribution in [3.8, 4) is 0 Å². The Labute approximate surface area is 98.1 Å². The number of pyridine rings is 1. The normalized spacial score (nSPS) is 10.8. The summed E-state index contributed by atoms with van der Waals surface area (Å²) >= 11 is 0. The standard InChI is InChI=1S/C12H22N4/c1-3-16(9-6-13)11-10-15(2)12-4-7-14-8-5-12/h4-5,7-8H,3,6,9-11,13H2,1-2H3. The maximum absolute atomic E-state index is 5.56. The van der Waals surface area contributed by atoms with Gasteiger partial charge in [0, 0.05) is 51.3 Å². The van der Waals surface area contributed by atoms with Gasteiger partial charge in [-0.25, -0.2) is 0 Å². The molecule has 1 aromatic heterocycles. The van der Waals surface area contributed by atoms with E-state index in [1.165, 1.54) is 5.69 Å². The Morgan fingerprint density at radius 3 is 2.44 bits per heavy atom. The number of rotatable bonds is 7. The molecule has 0 amide bonds. The fraction of sp³-hybridized carbons (Fsp3) is 0.583. The van der Waals surface area contributed by atoms with Gasteiger partial charge in [-0.2, -0.15) is 0 Å². The van der Waals surface area contributed by atoms with Gasteiger partial charge in [0.1, 0.15) is 0 Å². The fourth-order valence-electron chi connectivity index (χ4n) is 1.63. The van der Waals surface area contributed by atoms with Crippen LogP contribution in [0.1, 0.15) is 6.92 Å². The Morgan fingerprint density at radius 1 is 1.19 bits per heavy atom. The zero-order chi connectivity index (χ0) is 11.8. The van der Waals surface area contributed by atoms with Crippen molar-refractivity contribution in [3.63, 3.8) is 0 Å². The lowest BCUT2D eigenvalue weighted by Crippen LogP contribution is -2.36. The van der Waals surface area contributed by atoms with E-state index in [4.69, 9.17) is 5.73 Å². The number of hydrogen-bond acceptors (Lipinski definition) is 4. The summed E-state index contributed by atoms with van der Waals surface area (Å²) in [7, 11) is 2.10. The average Bonchev–Trinajstić information content (AvgIpc) is 2.35. The van der Waals surface area contributed by atoms with Crippen LogP contribution in [0.4, 0.5) is 5.69 Å². The Morgan fingerprint density at radius 2 is 1.88 bits per heavy atom. The Hall–Kier alpha value is -1.13. The number of likely N-dealkylation sites (N-methyl/N-ethyl adjacent to an activating group) is 2. The molecule has 4 nitrogen and oxygen atoms in total. The fourth-order valence-corrected chi connectivity index (χ4v) is 1.63. The van der Waals surface area contributed by atoms with Gasteiger partial charge in [0.2, 0.25) is 0 Å². The molecule has 0 fully saturated rings. The van der Waals surface area contributed by atoms with Crippen LogP contribution < -0.4 is 10.6 Å². The molecule has 0 aliphatic rings. The van der Waals surface area contributed by atoms with Crippen LogP contribution in [0.2, 0.25) is 0 Å². The first-order valence-corrected chi connectivity index (χ1v) is 5.81.